The van der Waals surface area contributed by atoms with Gasteiger partial charge in [0.15, 0.2) is 12.4 Å². The van der Waals surface area contributed by atoms with Crippen LogP contribution < -0.4 is 4.57 Å². The van der Waals surface area contributed by atoms with Crippen LogP contribution in [0.2, 0.25) is 0 Å². The third-order valence-electron chi connectivity index (χ3n) is 5.71. The van der Waals surface area contributed by atoms with Crippen molar-refractivity contribution in [2.24, 2.45) is 0 Å². The van der Waals surface area contributed by atoms with E-state index in [0.29, 0.717) is 0 Å². The molecule has 0 aliphatic rings. The normalized spacial score (nSPS) is 11.0. The molecule has 0 bridgehead atoms. The molecule has 0 atom stereocenters. The minimum Gasteiger partial charge on any atom is -0.205 e. The number of unbranched alkanes of at least 4 members (excludes halogenated alkanes) is 10. The van der Waals surface area contributed by atoms with Gasteiger partial charge in [-0.05, 0) is 30.9 Å². The van der Waals surface area contributed by atoms with Gasteiger partial charge in [-0.2, -0.15) is 0 Å². The van der Waals surface area contributed by atoms with Crippen LogP contribution in [0.5, 0.6) is 0 Å². The van der Waals surface area contributed by atoms with Gasteiger partial charge in [0.05, 0.1) is 0 Å². The van der Waals surface area contributed by atoms with Crippen molar-refractivity contribution in [1.29, 1.82) is 0 Å². The largest absolute Gasteiger partial charge is 0.205 e. The van der Waals surface area contributed by atoms with Gasteiger partial charge in [-0.15, -0.1) is 0 Å². The van der Waals surface area contributed by atoms with E-state index >= 15 is 0 Å². The summed E-state index contributed by atoms with van der Waals surface area (Å²) in [5, 5.41) is 0. The van der Waals surface area contributed by atoms with Crippen molar-refractivity contribution in [2.75, 3.05) is 0 Å². The number of hydrogen-bond donors (Lipinski definition) is 0. The van der Waals surface area contributed by atoms with E-state index < -0.39 is 0 Å². The molecule has 1 nitrogen and oxygen atoms in total. The number of pyridine rings is 1. The van der Waals surface area contributed by atoms with Crippen LogP contribution in [0.1, 0.15) is 95.1 Å². The highest BCUT2D eigenvalue weighted by atomic mass is 14.9. The van der Waals surface area contributed by atoms with Crippen molar-refractivity contribution in [1.82, 2.24) is 0 Å². The lowest BCUT2D eigenvalue weighted by Gasteiger charge is -2.04. The summed E-state index contributed by atoms with van der Waals surface area (Å²) in [4.78, 5) is 0. The zero-order chi connectivity index (χ0) is 19.7. The Balaban J connectivity index is 1.50. The van der Waals surface area contributed by atoms with Gasteiger partial charge in [0, 0.05) is 18.1 Å². The van der Waals surface area contributed by atoms with Gasteiger partial charge in [-0.25, -0.2) is 4.57 Å². The lowest BCUT2D eigenvalue weighted by molar-refractivity contribution is -0.697. The Bertz CT molecular complexity index is 605. The van der Waals surface area contributed by atoms with Crippen molar-refractivity contribution < 1.29 is 4.57 Å². The summed E-state index contributed by atoms with van der Waals surface area (Å²) in [6.45, 7) is 3.40. The third kappa shape index (κ3) is 10.6. The average Bonchev–Trinajstić information content (AvgIpc) is 2.73. The smallest absolute Gasteiger partial charge is 0.171 e. The standard InChI is InChI=1S/C27H42N/c1-2-3-4-5-6-7-8-9-10-11-13-20-27-22-17-24-28(25-27)23-16-21-26-18-14-12-15-19-26/h12,14-15,17-19,22,24-25H,2-11,13,16,20-21,23H2,1H3/q+1. The van der Waals surface area contributed by atoms with Gasteiger partial charge < -0.3 is 0 Å². The molecule has 0 unspecified atom stereocenters. The summed E-state index contributed by atoms with van der Waals surface area (Å²) in [6, 6.07) is 15.3. The van der Waals surface area contributed by atoms with E-state index in [0.717, 1.165) is 13.0 Å². The molecule has 0 N–H and O–H groups in total. The summed E-state index contributed by atoms with van der Waals surface area (Å²) in [5.74, 6) is 0. The van der Waals surface area contributed by atoms with E-state index in [1.165, 1.54) is 94.6 Å². The maximum absolute atomic E-state index is 2.37. The molecule has 1 heterocycles. The molecule has 0 aliphatic heterocycles. The molecule has 0 radical (unpaired) electrons. The zero-order valence-corrected chi connectivity index (χ0v) is 18.2. The van der Waals surface area contributed by atoms with Crippen LogP contribution in [0.15, 0.2) is 54.9 Å². The number of benzene rings is 1. The summed E-state index contributed by atoms with van der Waals surface area (Å²) in [7, 11) is 0. The highest BCUT2D eigenvalue weighted by Crippen LogP contribution is 2.12. The number of aromatic nitrogens is 1. The molecule has 154 valence electrons. The highest BCUT2D eigenvalue weighted by molar-refractivity contribution is 5.14. The molecule has 0 fully saturated rings. The van der Waals surface area contributed by atoms with Crippen LogP contribution in [-0.2, 0) is 19.4 Å². The van der Waals surface area contributed by atoms with Gasteiger partial charge >= 0.3 is 0 Å². The van der Waals surface area contributed by atoms with E-state index in [2.05, 4.69) is 66.3 Å². The average molecular weight is 381 g/mol. The molecule has 1 aromatic heterocycles. The molecular formula is C27H42N+. The summed E-state index contributed by atoms with van der Waals surface area (Å²) in [5.41, 5.74) is 2.94. The van der Waals surface area contributed by atoms with E-state index in [-0.39, 0.29) is 0 Å². The topological polar surface area (TPSA) is 3.88 Å². The van der Waals surface area contributed by atoms with Gasteiger partial charge in [0.1, 0.15) is 6.54 Å². The second kappa shape index (κ2) is 15.3. The lowest BCUT2D eigenvalue weighted by Crippen LogP contribution is -2.33. The molecule has 28 heavy (non-hydrogen) atoms. The van der Waals surface area contributed by atoms with E-state index in [1.54, 1.807) is 0 Å². The first-order valence-electron chi connectivity index (χ1n) is 11.9. The highest BCUT2D eigenvalue weighted by Gasteiger charge is 2.03. The van der Waals surface area contributed by atoms with Crippen molar-refractivity contribution in [3.63, 3.8) is 0 Å². The minimum atomic E-state index is 1.11. The van der Waals surface area contributed by atoms with Crippen LogP contribution in [0.3, 0.4) is 0 Å². The Morgan fingerprint density at radius 3 is 1.82 bits per heavy atom. The summed E-state index contributed by atoms with van der Waals surface area (Å²) < 4.78 is 2.37. The van der Waals surface area contributed by atoms with Crippen LogP contribution in [0, 0.1) is 0 Å². The number of aryl methyl sites for hydroxylation is 3. The molecule has 2 aromatic rings. The summed E-state index contributed by atoms with van der Waals surface area (Å²) >= 11 is 0. The van der Waals surface area contributed by atoms with E-state index in [1.807, 2.05) is 0 Å². The van der Waals surface area contributed by atoms with Gasteiger partial charge in [-0.3, -0.25) is 0 Å². The Kier molecular flexibility index (Phi) is 12.4. The SMILES string of the molecule is CCCCCCCCCCCCCc1ccc[n+](CCCc2ccccc2)c1. The Morgan fingerprint density at radius 1 is 0.571 bits per heavy atom. The molecule has 0 saturated carbocycles. The first kappa shape index (κ1) is 22.7. The maximum atomic E-state index is 2.37. The predicted octanol–water partition coefficient (Wildman–Crippen LogP) is 7.46. The van der Waals surface area contributed by atoms with Gasteiger partial charge in [-0.1, -0.05) is 101 Å². The van der Waals surface area contributed by atoms with Crippen molar-refractivity contribution >= 4 is 0 Å². The Labute approximate surface area is 174 Å². The van der Waals surface area contributed by atoms with Gasteiger partial charge in [0.25, 0.3) is 0 Å². The summed E-state index contributed by atoms with van der Waals surface area (Å²) in [6.07, 6.45) is 23.8. The number of rotatable bonds is 16. The van der Waals surface area contributed by atoms with Crippen LogP contribution in [-0.4, -0.2) is 0 Å². The van der Waals surface area contributed by atoms with Gasteiger partial charge in [0.2, 0.25) is 0 Å². The second-order valence-electron chi connectivity index (χ2n) is 8.32. The molecule has 0 saturated heterocycles. The van der Waals surface area contributed by atoms with Crippen LogP contribution >= 0.6 is 0 Å². The molecule has 0 aliphatic carbocycles. The predicted molar refractivity (Wildman–Crippen MR) is 122 cm³/mol. The van der Waals surface area contributed by atoms with Crippen LogP contribution in [0.25, 0.3) is 0 Å². The fourth-order valence-corrected chi connectivity index (χ4v) is 3.97. The number of nitrogens with zero attached hydrogens (tertiary/aromatic N) is 1. The Morgan fingerprint density at radius 2 is 1.14 bits per heavy atom. The molecule has 0 spiro atoms. The Hall–Kier alpha value is -1.63. The zero-order valence-electron chi connectivity index (χ0n) is 18.2. The molecule has 1 heteroatoms. The molecular weight excluding hydrogens is 338 g/mol. The monoisotopic (exact) mass is 380 g/mol. The molecule has 2 rings (SSSR count). The first-order chi connectivity index (χ1) is 13.9. The second-order valence-corrected chi connectivity index (χ2v) is 8.32. The molecule has 0 amide bonds. The fraction of sp³-hybridized carbons (Fsp3) is 0.593. The van der Waals surface area contributed by atoms with Crippen LogP contribution in [0.4, 0.5) is 0 Å². The van der Waals surface area contributed by atoms with E-state index in [4.69, 9.17) is 0 Å². The maximum Gasteiger partial charge on any atom is 0.171 e. The lowest BCUT2D eigenvalue weighted by atomic mass is 10.0. The minimum absolute atomic E-state index is 1.11. The fourth-order valence-electron chi connectivity index (χ4n) is 3.97. The van der Waals surface area contributed by atoms with Crippen molar-refractivity contribution in [3.05, 3.63) is 66.0 Å². The third-order valence-corrected chi connectivity index (χ3v) is 5.71. The number of hydrogen-bond acceptors (Lipinski definition) is 0. The first-order valence-corrected chi connectivity index (χ1v) is 11.9. The molecule has 1 aromatic carbocycles. The van der Waals surface area contributed by atoms with E-state index in [9.17, 15) is 0 Å². The quantitative estimate of drug-likeness (QED) is 0.210. The van der Waals surface area contributed by atoms with Crippen molar-refractivity contribution in [2.45, 2.75) is 103 Å². The van der Waals surface area contributed by atoms with Crippen molar-refractivity contribution in [3.8, 4) is 0 Å².